The minimum absolute atomic E-state index is 0.116. The number of imide groups is 1. The number of rotatable bonds is 2. The molecule has 1 aromatic carbocycles. The maximum atomic E-state index is 11.6. The second-order valence-corrected chi connectivity index (χ2v) is 6.14. The molecule has 92 valence electrons. The molecular formula is C9H6Cl2INO4. The van der Waals surface area contributed by atoms with E-state index in [0.29, 0.717) is 0 Å². The molecule has 2 amide bonds. The number of carbonyl (C=O) groups is 2. The predicted molar refractivity (Wildman–Crippen MR) is 68.7 cm³/mol. The van der Waals surface area contributed by atoms with Crippen molar-refractivity contribution in [2.75, 3.05) is 0 Å². The van der Waals surface area contributed by atoms with E-state index in [2.05, 4.69) is 0 Å². The van der Waals surface area contributed by atoms with Crippen molar-refractivity contribution >= 4 is 54.8 Å². The van der Waals surface area contributed by atoms with Gasteiger partial charge in [0.15, 0.2) is 0 Å². The summed E-state index contributed by atoms with van der Waals surface area (Å²) >= 11 is 7.41. The van der Waals surface area contributed by atoms with E-state index in [9.17, 15) is 15.7 Å². The average molecular weight is 390 g/mol. The normalized spacial score (nSPS) is 10.4. The van der Waals surface area contributed by atoms with Crippen LogP contribution in [0.1, 0.15) is 17.3 Å². The summed E-state index contributed by atoms with van der Waals surface area (Å²) in [5, 5.41) is 1.95. The van der Waals surface area contributed by atoms with Crippen molar-refractivity contribution in [3.8, 4) is 0 Å². The van der Waals surface area contributed by atoms with Crippen molar-refractivity contribution in [2.24, 2.45) is 0 Å². The molecule has 0 aliphatic rings. The molecule has 0 unspecified atom stereocenters. The zero-order chi connectivity index (χ0) is 13.2. The molecular weight excluding hydrogens is 384 g/mol. The Hall–Kier alpha value is -0.730. The number of hydrogen-bond acceptors (Lipinski definition) is 4. The van der Waals surface area contributed by atoms with Crippen LogP contribution in [0.5, 0.6) is 0 Å². The summed E-state index contributed by atoms with van der Waals surface area (Å²) in [5.41, 5.74) is -0.215. The summed E-state index contributed by atoms with van der Waals surface area (Å²) < 4.78 is 21.9. The smallest absolute Gasteiger partial charge is 0.293 e. The van der Waals surface area contributed by atoms with Crippen molar-refractivity contribution in [1.29, 1.82) is 0 Å². The summed E-state index contributed by atoms with van der Waals surface area (Å²) in [6.45, 7) is 1.13. The Bertz CT molecular complexity index is 560. The monoisotopic (exact) mass is 389 g/mol. The third-order valence-electron chi connectivity index (χ3n) is 1.68. The summed E-state index contributed by atoms with van der Waals surface area (Å²) in [6.07, 6.45) is 0. The van der Waals surface area contributed by atoms with Gasteiger partial charge < -0.3 is 0 Å². The van der Waals surface area contributed by atoms with Gasteiger partial charge in [-0.2, -0.15) is 0 Å². The molecule has 0 bridgehead atoms. The molecule has 0 aliphatic heterocycles. The van der Waals surface area contributed by atoms with Gasteiger partial charge in [-0.3, -0.25) is 14.9 Å². The molecule has 0 heterocycles. The number of amides is 2. The lowest BCUT2D eigenvalue weighted by atomic mass is 10.2. The molecule has 5 nitrogen and oxygen atoms in total. The van der Waals surface area contributed by atoms with E-state index in [0.717, 1.165) is 13.0 Å². The molecule has 0 spiro atoms. The van der Waals surface area contributed by atoms with Gasteiger partial charge in [-0.25, -0.2) is 6.14 Å². The van der Waals surface area contributed by atoms with Crippen molar-refractivity contribution in [3.05, 3.63) is 31.3 Å². The van der Waals surface area contributed by atoms with Gasteiger partial charge in [0.25, 0.3) is 5.91 Å². The maximum absolute atomic E-state index is 11.6. The highest BCUT2D eigenvalue weighted by molar-refractivity contribution is 14.2. The van der Waals surface area contributed by atoms with Crippen LogP contribution in [-0.2, 0) is 10.9 Å². The van der Waals surface area contributed by atoms with Gasteiger partial charge in [-0.15, -0.1) is 0 Å². The Kier molecular flexibility index (Phi) is 4.84. The molecule has 17 heavy (non-hydrogen) atoms. The van der Waals surface area contributed by atoms with Gasteiger partial charge in [0, 0.05) is 11.9 Å². The fourth-order valence-electron chi connectivity index (χ4n) is 1.11. The highest BCUT2D eigenvalue weighted by Crippen LogP contribution is 2.32. The summed E-state index contributed by atoms with van der Waals surface area (Å²) in [6, 6.07) is 2.38. The first-order chi connectivity index (χ1) is 7.82. The second kappa shape index (κ2) is 5.74. The lowest BCUT2D eigenvalue weighted by Crippen LogP contribution is -2.28. The largest absolute Gasteiger partial charge is 0.343 e. The number of hydrogen-bond donors (Lipinski definition) is 1. The lowest BCUT2D eigenvalue weighted by Gasteiger charge is -2.05. The first-order valence-corrected chi connectivity index (χ1v) is 7.78. The topological polar surface area (TPSA) is 80.3 Å². The first-order valence-electron chi connectivity index (χ1n) is 4.19. The Morgan fingerprint density at radius 2 is 1.82 bits per heavy atom. The molecule has 0 aromatic heterocycles. The molecule has 0 radical (unpaired) electrons. The van der Waals surface area contributed by atoms with Crippen LogP contribution in [0.3, 0.4) is 0 Å². The van der Waals surface area contributed by atoms with Crippen LogP contribution >= 0.6 is 43.0 Å². The maximum Gasteiger partial charge on any atom is 0.343 e. The van der Waals surface area contributed by atoms with E-state index in [1.54, 1.807) is 0 Å². The van der Waals surface area contributed by atoms with Crippen molar-refractivity contribution in [1.82, 2.24) is 5.32 Å². The van der Waals surface area contributed by atoms with E-state index in [4.69, 9.17) is 23.2 Å². The fourth-order valence-corrected chi connectivity index (χ4v) is 3.44. The van der Waals surface area contributed by atoms with E-state index in [1.165, 1.54) is 6.07 Å². The Labute approximate surface area is 114 Å². The zero-order valence-electron chi connectivity index (χ0n) is 8.42. The highest BCUT2D eigenvalue weighted by Gasteiger charge is 2.20. The Morgan fingerprint density at radius 3 is 2.29 bits per heavy atom. The number of carbonyl (C=O) groups excluding carboxylic acids is 2. The van der Waals surface area contributed by atoms with E-state index in [1.807, 2.05) is 5.32 Å². The second-order valence-electron chi connectivity index (χ2n) is 2.98. The third-order valence-corrected chi connectivity index (χ3v) is 4.56. The molecule has 0 saturated carbocycles. The third kappa shape index (κ3) is 3.62. The van der Waals surface area contributed by atoms with Crippen LogP contribution in [0, 0.1) is 3.57 Å². The SMILES string of the molecule is CC(=O)NC(=O)c1cc(Cl)cc(Cl)c1I(=O)=O. The molecule has 1 aromatic rings. The quantitative estimate of drug-likeness (QED) is 0.622. The number of benzene rings is 1. The molecule has 0 atom stereocenters. The van der Waals surface area contributed by atoms with Gasteiger partial charge in [0.1, 0.15) is 3.57 Å². The molecule has 1 rings (SSSR count). The van der Waals surface area contributed by atoms with Crippen LogP contribution in [0.25, 0.3) is 0 Å². The van der Waals surface area contributed by atoms with Crippen LogP contribution in [0.4, 0.5) is 0 Å². The van der Waals surface area contributed by atoms with E-state index < -0.39 is 31.6 Å². The van der Waals surface area contributed by atoms with Gasteiger partial charge in [0.05, 0.1) is 10.6 Å². The zero-order valence-corrected chi connectivity index (χ0v) is 12.1. The minimum atomic E-state index is -3.97. The van der Waals surface area contributed by atoms with Crippen LogP contribution < -0.4 is 5.32 Å². The molecule has 1 N–H and O–H groups in total. The van der Waals surface area contributed by atoms with Crippen LogP contribution in [0.2, 0.25) is 10.0 Å². The van der Waals surface area contributed by atoms with E-state index >= 15 is 0 Å². The van der Waals surface area contributed by atoms with Crippen LogP contribution in [-0.4, -0.2) is 11.8 Å². The number of nitrogens with one attached hydrogen (secondary N) is 1. The van der Waals surface area contributed by atoms with Crippen molar-refractivity contribution < 1.29 is 15.7 Å². The minimum Gasteiger partial charge on any atom is -0.293 e. The standard InChI is InChI=1S/C9H6Cl2INO4/c1-4(14)13-9(15)6-2-5(10)3-7(11)8(6)12(16)17/h2-3H,1H3,(H,13,14,15). The molecule has 0 aliphatic carbocycles. The molecule has 0 fully saturated rings. The highest BCUT2D eigenvalue weighted by atomic mass is 127. The van der Waals surface area contributed by atoms with E-state index in [-0.39, 0.29) is 19.2 Å². The van der Waals surface area contributed by atoms with Gasteiger partial charge in [-0.1, -0.05) is 23.2 Å². The lowest BCUT2D eigenvalue weighted by molar-refractivity contribution is -0.118. The average Bonchev–Trinajstić information content (AvgIpc) is 2.14. The Balaban J connectivity index is 3.40. The fraction of sp³-hybridized carbons (Fsp3) is 0.111. The summed E-state index contributed by atoms with van der Waals surface area (Å²) in [4.78, 5) is 22.3. The Morgan fingerprint density at radius 1 is 1.24 bits per heavy atom. The first kappa shape index (κ1) is 14.3. The van der Waals surface area contributed by atoms with Gasteiger partial charge in [-0.05, 0) is 12.1 Å². The van der Waals surface area contributed by atoms with Crippen molar-refractivity contribution in [2.45, 2.75) is 6.92 Å². The van der Waals surface area contributed by atoms with Gasteiger partial charge >= 0.3 is 19.8 Å². The van der Waals surface area contributed by atoms with Crippen LogP contribution in [0.15, 0.2) is 12.1 Å². The summed E-state index contributed by atoms with van der Waals surface area (Å²) in [7, 11) is 0. The van der Waals surface area contributed by atoms with Crippen molar-refractivity contribution in [3.63, 3.8) is 0 Å². The molecule has 0 saturated heterocycles. The van der Waals surface area contributed by atoms with Gasteiger partial charge in [0.2, 0.25) is 5.91 Å². The molecule has 8 heteroatoms. The summed E-state index contributed by atoms with van der Waals surface area (Å²) in [5.74, 6) is -1.44. The predicted octanol–water partition coefficient (Wildman–Crippen LogP) is 2.64. The number of halogens is 3.